The molecule has 1 aliphatic rings. The molecule has 0 spiro atoms. The van der Waals surface area contributed by atoms with E-state index < -0.39 is 10.0 Å². The van der Waals surface area contributed by atoms with Gasteiger partial charge in [0.25, 0.3) is 0 Å². The molecule has 82 valence electrons. The maximum atomic E-state index is 11.5. The summed E-state index contributed by atoms with van der Waals surface area (Å²) in [6, 6.07) is 7.29. The lowest BCUT2D eigenvalue weighted by Crippen LogP contribution is -2.29. The van der Waals surface area contributed by atoms with Gasteiger partial charge in [0.15, 0.2) is 0 Å². The summed E-state index contributed by atoms with van der Waals surface area (Å²) in [6.45, 7) is 0.317. The van der Waals surface area contributed by atoms with E-state index in [1.54, 1.807) is 12.1 Å². The molecule has 15 heavy (non-hydrogen) atoms. The molecule has 1 aromatic rings. The van der Waals surface area contributed by atoms with E-state index in [-0.39, 0.29) is 12.5 Å². The standard InChI is InChI=1S/C10H13NO3S/c1-15(13,14)11-6-8(7-12)9-4-2-3-5-10(9)11/h2-5,8,12H,6-7H2,1H3/t8-/m0/s1. The fraction of sp³-hybridized carbons (Fsp3) is 0.400. The first kappa shape index (κ1) is 10.4. The monoisotopic (exact) mass is 227 g/mol. The molecule has 4 nitrogen and oxygen atoms in total. The number of hydrogen-bond acceptors (Lipinski definition) is 3. The van der Waals surface area contributed by atoms with E-state index in [0.717, 1.165) is 5.56 Å². The fourth-order valence-corrected chi connectivity index (χ4v) is 2.90. The van der Waals surface area contributed by atoms with Crippen molar-refractivity contribution >= 4 is 15.7 Å². The van der Waals surface area contributed by atoms with Crippen LogP contribution in [-0.2, 0) is 10.0 Å². The van der Waals surface area contributed by atoms with Crippen LogP contribution >= 0.6 is 0 Å². The lowest BCUT2D eigenvalue weighted by atomic mass is 10.0. The zero-order valence-electron chi connectivity index (χ0n) is 8.42. The summed E-state index contributed by atoms with van der Waals surface area (Å²) >= 11 is 0. The molecule has 0 fully saturated rings. The van der Waals surface area contributed by atoms with Gasteiger partial charge in [-0.3, -0.25) is 4.31 Å². The summed E-state index contributed by atoms with van der Waals surface area (Å²) in [6.07, 6.45) is 1.18. The van der Waals surface area contributed by atoms with Crippen LogP contribution in [0.4, 0.5) is 5.69 Å². The Morgan fingerprint density at radius 1 is 1.47 bits per heavy atom. The topological polar surface area (TPSA) is 57.6 Å². The molecule has 0 unspecified atom stereocenters. The molecule has 2 rings (SSSR count). The predicted octanol–water partition coefficient (Wildman–Crippen LogP) is 0.542. The Kier molecular flexibility index (Phi) is 2.44. The van der Waals surface area contributed by atoms with E-state index in [2.05, 4.69) is 0 Å². The summed E-state index contributed by atoms with van der Waals surface area (Å²) in [5, 5.41) is 9.17. The average molecular weight is 227 g/mol. The third kappa shape index (κ3) is 1.72. The summed E-state index contributed by atoms with van der Waals surface area (Å²) in [7, 11) is -3.24. The molecule has 1 atom stereocenters. The van der Waals surface area contributed by atoms with E-state index in [1.165, 1.54) is 10.6 Å². The van der Waals surface area contributed by atoms with E-state index in [1.807, 2.05) is 12.1 Å². The smallest absolute Gasteiger partial charge is 0.232 e. The number of nitrogens with zero attached hydrogens (tertiary/aromatic N) is 1. The van der Waals surface area contributed by atoms with E-state index in [9.17, 15) is 13.5 Å². The number of aliphatic hydroxyl groups excluding tert-OH is 1. The number of benzene rings is 1. The maximum absolute atomic E-state index is 11.5. The van der Waals surface area contributed by atoms with Crippen LogP contribution in [0.15, 0.2) is 24.3 Å². The maximum Gasteiger partial charge on any atom is 0.232 e. The molecule has 0 saturated heterocycles. The van der Waals surface area contributed by atoms with Gasteiger partial charge >= 0.3 is 0 Å². The second kappa shape index (κ2) is 3.50. The molecule has 0 saturated carbocycles. The molecule has 1 N–H and O–H groups in total. The molecule has 5 heteroatoms. The number of hydrogen-bond donors (Lipinski definition) is 1. The second-order valence-corrected chi connectivity index (χ2v) is 5.64. The number of fused-ring (bicyclic) bond motifs is 1. The molecule has 1 aromatic carbocycles. The molecular weight excluding hydrogens is 214 g/mol. The van der Waals surface area contributed by atoms with Crippen molar-refractivity contribution in [3.63, 3.8) is 0 Å². The third-order valence-electron chi connectivity index (χ3n) is 2.65. The highest BCUT2D eigenvalue weighted by Crippen LogP contribution is 2.36. The first-order valence-electron chi connectivity index (χ1n) is 4.71. The predicted molar refractivity (Wildman–Crippen MR) is 58.5 cm³/mol. The first-order valence-corrected chi connectivity index (χ1v) is 6.56. The normalized spacial score (nSPS) is 20.4. The minimum Gasteiger partial charge on any atom is -0.396 e. The Labute approximate surface area is 89.2 Å². The minimum atomic E-state index is -3.24. The Morgan fingerprint density at radius 2 is 2.13 bits per heavy atom. The summed E-state index contributed by atoms with van der Waals surface area (Å²) in [5.41, 5.74) is 1.60. The quantitative estimate of drug-likeness (QED) is 0.802. The molecule has 0 amide bonds. The molecule has 1 aliphatic heterocycles. The minimum absolute atomic E-state index is 0.0248. The van der Waals surface area contributed by atoms with Crippen molar-refractivity contribution in [1.82, 2.24) is 0 Å². The van der Waals surface area contributed by atoms with Crippen molar-refractivity contribution < 1.29 is 13.5 Å². The number of sulfonamides is 1. The molecule has 0 radical (unpaired) electrons. The SMILES string of the molecule is CS(=O)(=O)N1C[C@@H](CO)c2ccccc21. The Bertz CT molecular complexity index is 469. The first-order chi connectivity index (χ1) is 7.04. The Morgan fingerprint density at radius 3 is 2.73 bits per heavy atom. The number of rotatable bonds is 2. The fourth-order valence-electron chi connectivity index (χ4n) is 1.93. The second-order valence-electron chi connectivity index (χ2n) is 3.73. The molecule has 1 heterocycles. The van der Waals surface area contributed by atoms with Crippen molar-refractivity contribution in [2.75, 3.05) is 23.7 Å². The van der Waals surface area contributed by atoms with Crippen molar-refractivity contribution in [3.05, 3.63) is 29.8 Å². The lowest BCUT2D eigenvalue weighted by Gasteiger charge is -2.16. The highest BCUT2D eigenvalue weighted by molar-refractivity contribution is 7.92. The molecule has 0 aliphatic carbocycles. The van der Waals surface area contributed by atoms with Crippen molar-refractivity contribution in [1.29, 1.82) is 0 Å². The number of aliphatic hydroxyl groups is 1. The van der Waals surface area contributed by atoms with Gasteiger partial charge in [-0.25, -0.2) is 8.42 Å². The van der Waals surface area contributed by atoms with Crippen molar-refractivity contribution in [2.24, 2.45) is 0 Å². The molecule has 0 aromatic heterocycles. The van der Waals surface area contributed by atoms with Gasteiger partial charge in [-0.05, 0) is 11.6 Å². The Balaban J connectivity index is 2.51. The van der Waals surface area contributed by atoms with Gasteiger partial charge in [0.05, 0.1) is 18.6 Å². The highest BCUT2D eigenvalue weighted by atomic mass is 32.2. The third-order valence-corrected chi connectivity index (χ3v) is 3.80. The summed E-state index contributed by atoms with van der Waals surface area (Å²) < 4.78 is 24.4. The van der Waals surface area contributed by atoms with Gasteiger partial charge in [-0.15, -0.1) is 0 Å². The van der Waals surface area contributed by atoms with Gasteiger partial charge < -0.3 is 5.11 Å². The van der Waals surface area contributed by atoms with Gasteiger partial charge in [0.1, 0.15) is 0 Å². The summed E-state index contributed by atoms with van der Waals surface area (Å²) in [4.78, 5) is 0. The van der Waals surface area contributed by atoms with Crippen LogP contribution in [0.3, 0.4) is 0 Å². The van der Waals surface area contributed by atoms with Gasteiger partial charge in [-0.2, -0.15) is 0 Å². The van der Waals surface area contributed by atoms with Crippen LogP contribution in [-0.4, -0.2) is 32.9 Å². The van der Waals surface area contributed by atoms with Gasteiger partial charge in [-0.1, -0.05) is 18.2 Å². The largest absolute Gasteiger partial charge is 0.396 e. The highest BCUT2D eigenvalue weighted by Gasteiger charge is 2.32. The van der Waals surface area contributed by atoms with Crippen LogP contribution in [0.1, 0.15) is 11.5 Å². The van der Waals surface area contributed by atoms with Gasteiger partial charge in [0, 0.05) is 12.5 Å². The van der Waals surface area contributed by atoms with E-state index in [0.29, 0.717) is 12.2 Å². The van der Waals surface area contributed by atoms with Crippen LogP contribution in [0.5, 0.6) is 0 Å². The number of para-hydroxylation sites is 1. The van der Waals surface area contributed by atoms with E-state index >= 15 is 0 Å². The van der Waals surface area contributed by atoms with Gasteiger partial charge in [0.2, 0.25) is 10.0 Å². The lowest BCUT2D eigenvalue weighted by molar-refractivity contribution is 0.272. The van der Waals surface area contributed by atoms with Crippen molar-refractivity contribution in [3.8, 4) is 0 Å². The zero-order valence-corrected chi connectivity index (χ0v) is 9.24. The van der Waals surface area contributed by atoms with Crippen LogP contribution in [0.2, 0.25) is 0 Å². The van der Waals surface area contributed by atoms with Crippen LogP contribution < -0.4 is 4.31 Å². The summed E-state index contributed by atoms with van der Waals surface area (Å²) in [5.74, 6) is -0.101. The molecule has 0 bridgehead atoms. The van der Waals surface area contributed by atoms with Crippen LogP contribution in [0, 0.1) is 0 Å². The zero-order chi connectivity index (χ0) is 11.1. The Hall–Kier alpha value is -1.07. The van der Waals surface area contributed by atoms with E-state index in [4.69, 9.17) is 0 Å². The average Bonchev–Trinajstić information content (AvgIpc) is 2.55. The molecular formula is C10H13NO3S. The van der Waals surface area contributed by atoms with Crippen LogP contribution in [0.25, 0.3) is 0 Å². The number of anilines is 1. The van der Waals surface area contributed by atoms with Crippen molar-refractivity contribution in [2.45, 2.75) is 5.92 Å².